The Bertz CT molecular complexity index is 522. The first kappa shape index (κ1) is 10.9. The molecule has 0 atom stereocenters. The molecule has 0 bridgehead atoms. The largest absolute Gasteiger partial charge is 0.507 e. The van der Waals surface area contributed by atoms with E-state index in [1.807, 2.05) is 25.3 Å². The second kappa shape index (κ2) is 4.09. The van der Waals surface area contributed by atoms with E-state index in [-0.39, 0.29) is 5.75 Å². The zero-order valence-corrected chi connectivity index (χ0v) is 9.93. The van der Waals surface area contributed by atoms with Gasteiger partial charge < -0.3 is 10.8 Å². The molecule has 0 spiro atoms. The fourth-order valence-electron chi connectivity index (χ4n) is 1.57. The highest BCUT2D eigenvalue weighted by molar-refractivity contribution is 7.98. The van der Waals surface area contributed by atoms with E-state index in [4.69, 9.17) is 5.73 Å². The maximum Gasteiger partial charge on any atom is 0.145 e. The first-order chi connectivity index (χ1) is 7.63. The molecule has 0 aliphatic rings. The SMILES string of the molecule is CSc1ccc(C)c(O)c1-c1cc(N)n[nH]1. The number of aromatic amines is 1. The van der Waals surface area contributed by atoms with Gasteiger partial charge in [-0.15, -0.1) is 11.8 Å². The number of benzene rings is 1. The molecule has 4 N–H and O–H groups in total. The third kappa shape index (κ3) is 1.74. The molecule has 0 aliphatic heterocycles. The van der Waals surface area contributed by atoms with Crippen LogP contribution >= 0.6 is 11.8 Å². The Labute approximate surface area is 97.9 Å². The van der Waals surface area contributed by atoms with Crippen LogP contribution in [0.25, 0.3) is 11.3 Å². The van der Waals surface area contributed by atoms with Crippen LogP contribution in [0.1, 0.15) is 5.56 Å². The van der Waals surface area contributed by atoms with Crippen molar-refractivity contribution in [2.24, 2.45) is 0 Å². The average molecular weight is 235 g/mol. The summed E-state index contributed by atoms with van der Waals surface area (Å²) in [6.07, 6.45) is 1.97. The highest BCUT2D eigenvalue weighted by Gasteiger charge is 2.14. The van der Waals surface area contributed by atoms with E-state index < -0.39 is 0 Å². The molecule has 0 aliphatic carbocycles. The van der Waals surface area contributed by atoms with Gasteiger partial charge in [-0.1, -0.05) is 6.07 Å². The zero-order chi connectivity index (χ0) is 11.7. The van der Waals surface area contributed by atoms with Crippen LogP contribution in [0.4, 0.5) is 5.82 Å². The topological polar surface area (TPSA) is 74.9 Å². The first-order valence-electron chi connectivity index (χ1n) is 4.81. The van der Waals surface area contributed by atoms with Gasteiger partial charge in [0.15, 0.2) is 0 Å². The van der Waals surface area contributed by atoms with E-state index in [1.165, 1.54) is 0 Å². The third-order valence-electron chi connectivity index (χ3n) is 2.43. The molecule has 2 aromatic rings. The Hall–Kier alpha value is -1.62. The van der Waals surface area contributed by atoms with Crippen LogP contribution in [0.5, 0.6) is 5.75 Å². The lowest BCUT2D eigenvalue weighted by Gasteiger charge is -2.09. The van der Waals surface area contributed by atoms with Crippen molar-refractivity contribution in [3.63, 3.8) is 0 Å². The van der Waals surface area contributed by atoms with Crippen molar-refractivity contribution in [3.05, 3.63) is 23.8 Å². The summed E-state index contributed by atoms with van der Waals surface area (Å²) in [4.78, 5) is 0.992. The molecule has 0 amide bonds. The van der Waals surface area contributed by atoms with Crippen molar-refractivity contribution in [2.45, 2.75) is 11.8 Å². The highest BCUT2D eigenvalue weighted by Crippen LogP contribution is 2.38. The van der Waals surface area contributed by atoms with Gasteiger partial charge in [0.25, 0.3) is 0 Å². The van der Waals surface area contributed by atoms with Gasteiger partial charge in [0.05, 0.1) is 11.3 Å². The van der Waals surface area contributed by atoms with Gasteiger partial charge in [-0.05, 0) is 24.8 Å². The summed E-state index contributed by atoms with van der Waals surface area (Å²) in [6, 6.07) is 5.59. The van der Waals surface area contributed by atoms with Gasteiger partial charge >= 0.3 is 0 Å². The number of nitrogens with two attached hydrogens (primary N) is 1. The number of nitrogen functional groups attached to an aromatic ring is 1. The number of phenols is 1. The number of phenolic OH excluding ortho intramolecular Hbond substituents is 1. The number of hydrogen-bond donors (Lipinski definition) is 3. The van der Waals surface area contributed by atoms with Crippen molar-refractivity contribution >= 4 is 17.6 Å². The van der Waals surface area contributed by atoms with E-state index in [9.17, 15) is 5.11 Å². The quantitative estimate of drug-likeness (QED) is 0.699. The molecule has 4 nitrogen and oxygen atoms in total. The van der Waals surface area contributed by atoms with Gasteiger partial charge in [-0.2, -0.15) is 5.10 Å². The number of aromatic hydroxyl groups is 1. The zero-order valence-electron chi connectivity index (χ0n) is 9.11. The summed E-state index contributed by atoms with van der Waals surface area (Å²) >= 11 is 1.57. The van der Waals surface area contributed by atoms with Crippen LogP contribution in [0.2, 0.25) is 0 Å². The molecule has 5 heteroatoms. The molecule has 0 saturated heterocycles. The molecule has 2 rings (SSSR count). The van der Waals surface area contributed by atoms with E-state index in [0.29, 0.717) is 5.82 Å². The van der Waals surface area contributed by atoms with Crippen molar-refractivity contribution in [2.75, 3.05) is 12.0 Å². The molecular weight excluding hydrogens is 222 g/mol. The monoisotopic (exact) mass is 235 g/mol. The van der Waals surface area contributed by atoms with E-state index in [1.54, 1.807) is 17.8 Å². The van der Waals surface area contributed by atoms with E-state index in [2.05, 4.69) is 10.2 Å². The summed E-state index contributed by atoms with van der Waals surface area (Å²) < 4.78 is 0. The van der Waals surface area contributed by atoms with Crippen LogP contribution in [0, 0.1) is 6.92 Å². The number of aryl methyl sites for hydroxylation is 1. The summed E-state index contributed by atoms with van der Waals surface area (Å²) in [5, 5.41) is 16.8. The van der Waals surface area contributed by atoms with Crippen LogP contribution in [-0.2, 0) is 0 Å². The summed E-state index contributed by atoms with van der Waals surface area (Å²) in [7, 11) is 0. The summed E-state index contributed by atoms with van der Waals surface area (Å²) in [6.45, 7) is 1.86. The van der Waals surface area contributed by atoms with Crippen LogP contribution in [0.15, 0.2) is 23.1 Å². The minimum atomic E-state index is 0.274. The second-order valence-electron chi connectivity index (χ2n) is 3.51. The Kier molecular flexibility index (Phi) is 2.78. The number of nitrogens with zero attached hydrogens (tertiary/aromatic N) is 1. The standard InChI is InChI=1S/C11H13N3OS/c1-6-3-4-8(16-2)10(11(6)15)7-5-9(12)14-13-7/h3-5,15H,1-2H3,(H3,12,13,14). The smallest absolute Gasteiger partial charge is 0.145 e. The molecule has 1 aromatic carbocycles. The molecule has 0 radical (unpaired) electrons. The third-order valence-corrected chi connectivity index (χ3v) is 3.21. The molecule has 84 valence electrons. The number of H-pyrrole nitrogens is 1. The summed E-state index contributed by atoms with van der Waals surface area (Å²) in [5.41, 5.74) is 7.90. The van der Waals surface area contributed by atoms with Crippen molar-refractivity contribution in [3.8, 4) is 17.0 Å². The predicted molar refractivity (Wildman–Crippen MR) is 66.6 cm³/mol. The average Bonchev–Trinajstić information content (AvgIpc) is 2.68. The number of aromatic nitrogens is 2. The highest BCUT2D eigenvalue weighted by atomic mass is 32.2. The van der Waals surface area contributed by atoms with Gasteiger partial charge in [-0.25, -0.2) is 0 Å². The van der Waals surface area contributed by atoms with Crippen molar-refractivity contribution < 1.29 is 5.11 Å². The first-order valence-corrected chi connectivity index (χ1v) is 6.03. The van der Waals surface area contributed by atoms with Crippen LogP contribution in [0.3, 0.4) is 0 Å². The number of rotatable bonds is 2. The van der Waals surface area contributed by atoms with Crippen molar-refractivity contribution in [1.29, 1.82) is 0 Å². The van der Waals surface area contributed by atoms with E-state index in [0.717, 1.165) is 21.7 Å². The fraction of sp³-hybridized carbons (Fsp3) is 0.182. The predicted octanol–water partition coefficient (Wildman–Crippen LogP) is 2.39. The molecular formula is C11H13N3OS. The van der Waals surface area contributed by atoms with Crippen molar-refractivity contribution in [1.82, 2.24) is 10.2 Å². The number of nitrogens with one attached hydrogen (secondary N) is 1. The maximum absolute atomic E-state index is 10.1. The minimum absolute atomic E-state index is 0.274. The lowest BCUT2D eigenvalue weighted by molar-refractivity contribution is 0.471. The van der Waals surface area contributed by atoms with Gasteiger partial charge in [-0.3, -0.25) is 5.10 Å². The normalized spacial score (nSPS) is 10.6. The molecule has 0 unspecified atom stereocenters. The minimum Gasteiger partial charge on any atom is -0.507 e. The second-order valence-corrected chi connectivity index (χ2v) is 4.36. The lowest BCUT2D eigenvalue weighted by Crippen LogP contribution is -1.86. The molecule has 1 heterocycles. The van der Waals surface area contributed by atoms with E-state index >= 15 is 0 Å². The molecule has 0 saturated carbocycles. The fourth-order valence-corrected chi connectivity index (χ4v) is 2.19. The maximum atomic E-state index is 10.1. The number of thioether (sulfide) groups is 1. The number of anilines is 1. The summed E-state index contributed by atoms with van der Waals surface area (Å²) in [5.74, 6) is 0.693. The molecule has 0 fully saturated rings. The molecule has 16 heavy (non-hydrogen) atoms. The van der Waals surface area contributed by atoms with Crippen LogP contribution < -0.4 is 5.73 Å². The Morgan fingerprint density at radius 3 is 2.75 bits per heavy atom. The Morgan fingerprint density at radius 2 is 2.19 bits per heavy atom. The van der Waals surface area contributed by atoms with Crippen LogP contribution in [-0.4, -0.2) is 21.6 Å². The van der Waals surface area contributed by atoms with Gasteiger partial charge in [0.2, 0.25) is 0 Å². The Morgan fingerprint density at radius 1 is 1.44 bits per heavy atom. The van der Waals surface area contributed by atoms with Gasteiger partial charge in [0.1, 0.15) is 11.6 Å². The lowest BCUT2D eigenvalue weighted by atomic mass is 10.1. The Balaban J connectivity index is 2.66. The van der Waals surface area contributed by atoms with Gasteiger partial charge in [0, 0.05) is 11.0 Å². The number of hydrogen-bond acceptors (Lipinski definition) is 4. The molecule has 1 aromatic heterocycles.